The van der Waals surface area contributed by atoms with Crippen LogP contribution in [0.25, 0.3) is 11.1 Å². The zero-order chi connectivity index (χ0) is 14.0. The molecule has 0 bridgehead atoms. The van der Waals surface area contributed by atoms with Gasteiger partial charge in [0.15, 0.2) is 5.58 Å². The highest BCUT2D eigenvalue weighted by molar-refractivity contribution is 7.89. The summed E-state index contributed by atoms with van der Waals surface area (Å²) < 4.78 is 32.2. The number of hydrogen-bond donors (Lipinski definition) is 2. The number of fused-ring (bicyclic) bond motifs is 1. The number of hydrogen-bond acceptors (Lipinski definition) is 5. The molecule has 0 spiro atoms. The predicted octanol–water partition coefficient (Wildman–Crippen LogP) is 1.53. The minimum atomic E-state index is -3.67. The quantitative estimate of drug-likeness (QED) is 0.887. The summed E-state index contributed by atoms with van der Waals surface area (Å²) in [4.78, 5) is 4.02. The first kappa shape index (κ1) is 16.2. The fourth-order valence-electron chi connectivity index (χ4n) is 2.34. The van der Waals surface area contributed by atoms with E-state index in [-0.39, 0.29) is 17.6 Å². The largest absolute Gasteiger partial charge is 0.427 e. The molecule has 0 saturated carbocycles. The maximum absolute atomic E-state index is 12.2. The number of nitrogens with one attached hydrogen (secondary N) is 2. The third-order valence-electron chi connectivity index (χ3n) is 3.52. The van der Waals surface area contributed by atoms with Crippen LogP contribution in [0, 0.1) is 5.92 Å². The number of rotatable bonds is 4. The Morgan fingerprint density at radius 1 is 1.29 bits per heavy atom. The van der Waals surface area contributed by atoms with Gasteiger partial charge in [-0.05, 0) is 44.0 Å². The number of piperidine rings is 1. The molecule has 0 amide bonds. The smallest absolute Gasteiger partial charge is 0.331 e. The Morgan fingerprint density at radius 2 is 2.00 bits per heavy atom. The molecule has 2 N–H and O–H groups in total. The van der Waals surface area contributed by atoms with Crippen molar-refractivity contribution < 1.29 is 12.8 Å². The van der Waals surface area contributed by atoms with E-state index < -0.39 is 10.0 Å². The Kier molecular flexibility index (Phi) is 5.21. The highest BCUT2D eigenvalue weighted by Crippen LogP contribution is 2.18. The average Bonchev–Trinajstić information content (AvgIpc) is 2.91. The Labute approximate surface area is 129 Å². The Morgan fingerprint density at radius 3 is 2.71 bits per heavy atom. The topological polar surface area (TPSA) is 84.2 Å². The molecule has 1 aliphatic heterocycles. The first-order chi connectivity index (χ1) is 9.65. The van der Waals surface area contributed by atoms with Crippen LogP contribution >= 0.6 is 12.4 Å². The van der Waals surface area contributed by atoms with Crippen LogP contribution in [0.5, 0.6) is 0 Å². The highest BCUT2D eigenvalue weighted by Gasteiger charge is 2.23. The molecule has 0 atom stereocenters. The molecule has 116 valence electrons. The van der Waals surface area contributed by atoms with Crippen LogP contribution in [0.2, 0.25) is 0 Å². The van der Waals surface area contributed by atoms with Gasteiger partial charge in [0, 0.05) is 6.54 Å². The second kappa shape index (κ2) is 6.74. The van der Waals surface area contributed by atoms with Crippen LogP contribution in [0.15, 0.2) is 33.9 Å². The number of sulfonamides is 1. The number of aromatic nitrogens is 1. The highest BCUT2D eigenvalue weighted by atomic mass is 35.5. The van der Waals surface area contributed by atoms with Gasteiger partial charge in [-0.15, -0.1) is 12.4 Å². The second-order valence-electron chi connectivity index (χ2n) is 4.99. The monoisotopic (exact) mass is 331 g/mol. The zero-order valence-corrected chi connectivity index (χ0v) is 13.0. The third-order valence-corrected chi connectivity index (χ3v) is 4.71. The van der Waals surface area contributed by atoms with Crippen molar-refractivity contribution >= 4 is 33.5 Å². The van der Waals surface area contributed by atoms with Gasteiger partial charge < -0.3 is 9.73 Å². The number of oxazole rings is 1. The van der Waals surface area contributed by atoms with Crippen molar-refractivity contribution in [3.63, 3.8) is 0 Å². The van der Waals surface area contributed by atoms with Crippen LogP contribution in [0.4, 0.5) is 0 Å². The molecule has 21 heavy (non-hydrogen) atoms. The standard InChI is InChI=1S/C13H17N3O3S.ClH/c17-20(18,15-9-10-5-7-14-8-6-10)13-16-11-3-1-2-4-12(11)19-13;/h1-4,10,14-15H,5-9H2;1H. The lowest BCUT2D eigenvalue weighted by molar-refractivity contribution is 0.369. The summed E-state index contributed by atoms with van der Waals surface area (Å²) in [6.07, 6.45) is 1.96. The van der Waals surface area contributed by atoms with E-state index >= 15 is 0 Å². The second-order valence-corrected chi connectivity index (χ2v) is 6.64. The lowest BCUT2D eigenvalue weighted by Crippen LogP contribution is -2.36. The fraction of sp³-hybridized carbons (Fsp3) is 0.462. The minimum absolute atomic E-state index is 0. The average molecular weight is 332 g/mol. The summed E-state index contributed by atoms with van der Waals surface area (Å²) in [5.41, 5.74) is 1.03. The van der Waals surface area contributed by atoms with Crippen molar-refractivity contribution in [1.29, 1.82) is 0 Å². The van der Waals surface area contributed by atoms with Crippen LogP contribution < -0.4 is 10.0 Å². The van der Waals surface area contributed by atoms with E-state index in [4.69, 9.17) is 4.42 Å². The number of halogens is 1. The molecule has 0 aliphatic carbocycles. The van der Waals surface area contributed by atoms with Gasteiger partial charge in [0.1, 0.15) is 5.52 Å². The molecule has 1 aromatic heterocycles. The molecule has 3 rings (SSSR count). The molecule has 1 saturated heterocycles. The lowest BCUT2D eigenvalue weighted by atomic mass is 9.99. The van der Waals surface area contributed by atoms with Gasteiger partial charge in [-0.2, -0.15) is 4.98 Å². The summed E-state index contributed by atoms with van der Waals surface area (Å²) in [7, 11) is -3.67. The zero-order valence-electron chi connectivity index (χ0n) is 11.4. The van der Waals surface area contributed by atoms with E-state index in [1.165, 1.54) is 0 Å². The van der Waals surface area contributed by atoms with Gasteiger partial charge in [0.05, 0.1) is 0 Å². The summed E-state index contributed by atoms with van der Waals surface area (Å²) >= 11 is 0. The van der Waals surface area contributed by atoms with Gasteiger partial charge in [-0.25, -0.2) is 13.1 Å². The number of nitrogens with zero attached hydrogens (tertiary/aromatic N) is 1. The van der Waals surface area contributed by atoms with Crippen molar-refractivity contribution in [2.75, 3.05) is 19.6 Å². The fourth-order valence-corrected chi connectivity index (χ4v) is 3.34. The van der Waals surface area contributed by atoms with E-state index in [0.29, 0.717) is 23.6 Å². The normalized spacial score (nSPS) is 16.8. The minimum Gasteiger partial charge on any atom is -0.427 e. The van der Waals surface area contributed by atoms with E-state index in [9.17, 15) is 8.42 Å². The Hall–Kier alpha value is -1.15. The van der Waals surface area contributed by atoms with E-state index in [0.717, 1.165) is 25.9 Å². The van der Waals surface area contributed by atoms with Gasteiger partial charge in [-0.1, -0.05) is 12.1 Å². The molecule has 6 nitrogen and oxygen atoms in total. The van der Waals surface area contributed by atoms with Crippen molar-refractivity contribution in [3.8, 4) is 0 Å². The van der Waals surface area contributed by atoms with Crippen molar-refractivity contribution in [2.45, 2.75) is 18.1 Å². The van der Waals surface area contributed by atoms with Crippen molar-refractivity contribution in [3.05, 3.63) is 24.3 Å². The summed E-state index contributed by atoms with van der Waals surface area (Å²) in [6.45, 7) is 2.31. The van der Waals surface area contributed by atoms with Crippen LogP contribution in [-0.2, 0) is 10.0 Å². The maximum atomic E-state index is 12.2. The molecular weight excluding hydrogens is 314 g/mol. The van der Waals surface area contributed by atoms with Gasteiger partial charge in [0.25, 0.3) is 10.0 Å². The Bertz CT molecular complexity index is 663. The first-order valence-electron chi connectivity index (χ1n) is 6.71. The van der Waals surface area contributed by atoms with E-state index in [1.54, 1.807) is 24.3 Å². The van der Waals surface area contributed by atoms with Gasteiger partial charge in [0.2, 0.25) is 0 Å². The van der Waals surface area contributed by atoms with Crippen molar-refractivity contribution in [2.24, 2.45) is 5.92 Å². The maximum Gasteiger partial charge on any atom is 0.331 e. The van der Waals surface area contributed by atoms with Gasteiger partial charge in [-0.3, -0.25) is 0 Å². The molecule has 0 unspecified atom stereocenters. The summed E-state index contributed by atoms with van der Waals surface area (Å²) in [5.74, 6) is 0.371. The Balaban J connectivity index is 0.00000161. The molecule has 1 aliphatic rings. The van der Waals surface area contributed by atoms with Gasteiger partial charge >= 0.3 is 5.22 Å². The molecular formula is C13H18ClN3O3S. The molecule has 1 fully saturated rings. The number of para-hydroxylation sites is 2. The van der Waals surface area contributed by atoms with Crippen LogP contribution in [0.3, 0.4) is 0 Å². The van der Waals surface area contributed by atoms with E-state index in [2.05, 4.69) is 15.0 Å². The van der Waals surface area contributed by atoms with Crippen molar-refractivity contribution in [1.82, 2.24) is 15.0 Å². The van der Waals surface area contributed by atoms with E-state index in [1.807, 2.05) is 0 Å². The molecule has 1 aromatic carbocycles. The molecule has 2 heterocycles. The molecule has 0 radical (unpaired) electrons. The first-order valence-corrected chi connectivity index (χ1v) is 8.19. The molecule has 2 aromatic rings. The lowest BCUT2D eigenvalue weighted by Gasteiger charge is -2.22. The molecule has 8 heteroatoms. The van der Waals surface area contributed by atoms with Crippen LogP contribution in [-0.4, -0.2) is 33.0 Å². The third kappa shape index (κ3) is 3.74. The number of benzene rings is 1. The SMILES string of the molecule is Cl.O=S(=O)(NCC1CCNCC1)c1nc2ccccc2o1. The van der Waals surface area contributed by atoms with Crippen LogP contribution in [0.1, 0.15) is 12.8 Å². The predicted molar refractivity (Wildman–Crippen MR) is 82.0 cm³/mol. The summed E-state index contributed by atoms with van der Waals surface area (Å²) in [5, 5.41) is 3.00. The summed E-state index contributed by atoms with van der Waals surface area (Å²) in [6, 6.07) is 7.01.